The van der Waals surface area contributed by atoms with Crippen LogP contribution in [-0.4, -0.2) is 108 Å². The number of rotatable bonds is 18. The van der Waals surface area contributed by atoms with Gasteiger partial charge in [0.2, 0.25) is 23.5 Å². The van der Waals surface area contributed by atoms with Gasteiger partial charge in [0.1, 0.15) is 17.1 Å². The molecule has 0 aromatic carbocycles. The summed E-state index contributed by atoms with van der Waals surface area (Å²) in [5, 5.41) is 27.8. The fourth-order valence-corrected chi connectivity index (χ4v) is 6.52. The van der Waals surface area contributed by atoms with Crippen LogP contribution >= 0.6 is 0 Å². The number of carboxylic acid groups (broad SMARTS) is 1. The molecule has 65 heavy (non-hydrogen) atoms. The zero-order valence-corrected chi connectivity index (χ0v) is 36.0. The number of nitrogens with one attached hydrogen (secondary N) is 7. The van der Waals surface area contributed by atoms with Crippen molar-refractivity contribution in [2.24, 2.45) is 42.3 Å². The van der Waals surface area contributed by atoms with Gasteiger partial charge in [-0.05, 0) is 24.6 Å². The summed E-state index contributed by atoms with van der Waals surface area (Å²) in [5.74, 6) is -4.26. The third-order valence-corrected chi connectivity index (χ3v) is 9.69. The number of amides is 7. The summed E-state index contributed by atoms with van der Waals surface area (Å²) >= 11 is 0. The maximum Gasteiger partial charge on any atom is 0.352 e. The van der Waals surface area contributed by atoms with Crippen molar-refractivity contribution < 1.29 is 43.5 Å². The monoisotopic (exact) mass is 894 g/mol. The van der Waals surface area contributed by atoms with Gasteiger partial charge in [0.05, 0.1) is 17.1 Å². The number of nitrogens with zero attached hydrogens (tertiary/aromatic N) is 9. The highest BCUT2D eigenvalue weighted by atomic mass is 16.4. The summed E-state index contributed by atoms with van der Waals surface area (Å²) in [4.78, 5) is 113. The Labute approximate surface area is 369 Å². The number of hydrogen-bond acceptors (Lipinski definition) is 11. The molecule has 0 bridgehead atoms. The van der Waals surface area contributed by atoms with Gasteiger partial charge < -0.3 is 69.7 Å². The first kappa shape index (κ1) is 45.7. The molecule has 6 aromatic heterocycles. The number of imidazole rings is 3. The summed E-state index contributed by atoms with van der Waals surface area (Å²) < 4.78 is 8.78. The van der Waals surface area contributed by atoms with E-state index in [1.165, 1.54) is 79.1 Å². The maximum absolute atomic E-state index is 13.2. The van der Waals surface area contributed by atoms with Crippen molar-refractivity contribution in [3.05, 3.63) is 96.1 Å². The first-order valence-corrected chi connectivity index (χ1v) is 19.7. The number of anilines is 5. The molecule has 0 saturated carbocycles. The van der Waals surface area contributed by atoms with Crippen LogP contribution < -0.4 is 37.2 Å². The minimum absolute atomic E-state index is 0.0162. The topological polar surface area (TPSA) is 309 Å². The van der Waals surface area contributed by atoms with Gasteiger partial charge in [0, 0.05) is 112 Å². The molecule has 0 atom stereocenters. The molecule has 0 saturated heterocycles. The molecule has 7 amide bonds. The number of hydrogen-bond donors (Lipinski definition) is 8. The number of carboxylic acids is 1. The van der Waals surface area contributed by atoms with Gasteiger partial charge in [-0.25, -0.2) is 19.7 Å². The average Bonchev–Trinajstić information content (AvgIpc) is 4.10. The lowest BCUT2D eigenvalue weighted by molar-refractivity contribution is -0.117. The molecule has 25 nitrogen and oxygen atoms in total. The van der Waals surface area contributed by atoms with Crippen molar-refractivity contribution in [1.29, 1.82) is 0 Å². The number of carbonyl (C=O) groups is 8. The molecule has 0 unspecified atom stereocenters. The fourth-order valence-electron chi connectivity index (χ4n) is 6.52. The Kier molecular flexibility index (Phi) is 13.7. The van der Waals surface area contributed by atoms with E-state index in [9.17, 15) is 43.5 Å². The van der Waals surface area contributed by atoms with E-state index >= 15 is 0 Å². The summed E-state index contributed by atoms with van der Waals surface area (Å²) in [6.07, 6.45) is 10.8. The Hall–Kier alpha value is -8.77. The molecular weight excluding hydrogens is 849 g/mol. The Morgan fingerprint density at radius 1 is 0.492 bits per heavy atom. The molecule has 6 heterocycles. The van der Waals surface area contributed by atoms with Crippen LogP contribution in [0, 0.1) is 0 Å². The summed E-state index contributed by atoms with van der Waals surface area (Å²) in [6, 6.07) is 4.27. The lowest BCUT2D eigenvalue weighted by atomic mass is 10.3. The number of aromatic carboxylic acids is 1. The second-order valence-corrected chi connectivity index (χ2v) is 14.8. The van der Waals surface area contributed by atoms with E-state index in [0.29, 0.717) is 11.4 Å². The zero-order valence-electron chi connectivity index (χ0n) is 36.0. The second-order valence-electron chi connectivity index (χ2n) is 14.8. The molecular formula is C40H46N16O9. The predicted molar refractivity (Wildman–Crippen MR) is 232 cm³/mol. The van der Waals surface area contributed by atoms with Crippen LogP contribution in [0.25, 0.3) is 0 Å². The molecule has 0 aliphatic rings. The first-order valence-electron chi connectivity index (χ1n) is 19.7. The largest absolute Gasteiger partial charge is 0.477 e. The maximum atomic E-state index is 13.2. The van der Waals surface area contributed by atoms with Crippen molar-refractivity contribution in [3.8, 4) is 0 Å². The van der Waals surface area contributed by atoms with Gasteiger partial charge >= 0.3 is 5.97 Å². The van der Waals surface area contributed by atoms with Crippen LogP contribution in [0.15, 0.2) is 61.6 Å². The van der Waals surface area contributed by atoms with E-state index < -0.39 is 47.3 Å². The van der Waals surface area contributed by atoms with Crippen molar-refractivity contribution in [1.82, 2.24) is 53.0 Å². The van der Waals surface area contributed by atoms with Gasteiger partial charge in [0.15, 0.2) is 17.5 Å². The Morgan fingerprint density at radius 2 is 0.923 bits per heavy atom. The normalized spacial score (nSPS) is 10.9. The molecule has 25 heteroatoms. The molecule has 340 valence electrons. The highest BCUT2D eigenvalue weighted by Crippen LogP contribution is 2.18. The number of aryl methyl sites for hydroxylation is 6. The van der Waals surface area contributed by atoms with Crippen molar-refractivity contribution in [3.63, 3.8) is 0 Å². The first-order chi connectivity index (χ1) is 30.9. The van der Waals surface area contributed by atoms with Gasteiger partial charge in [0.25, 0.3) is 29.5 Å². The average molecular weight is 895 g/mol. The van der Waals surface area contributed by atoms with Gasteiger partial charge in [-0.15, -0.1) is 0 Å². The fraction of sp³-hybridized carbons (Fsp3) is 0.275. The highest BCUT2D eigenvalue weighted by molar-refractivity contribution is 6.05. The molecule has 6 aromatic rings. The van der Waals surface area contributed by atoms with E-state index in [1.54, 1.807) is 52.2 Å². The van der Waals surface area contributed by atoms with Crippen LogP contribution in [0.5, 0.6) is 0 Å². The standard InChI is InChI=1S/C40H46N16O9/c1-51-13-12-41-32(51)37(61)44-22-14-26(53(3)17-22)36(60)43-11-9-31(58)48-29-21-56(6)33(50-29)38(62)45-23-15-25(52(2)18-23)35(59)42-10-7-8-30(57)47-28-20-55(5)34(49-28)39(63)46-24-16-27(40(64)65)54(4)19-24/h12-21H,7-11H2,1-6H3,(H,42,59)(H,43,60)(H,44,61)(H,45,62)(H,46,63)(H,47,57)(H,48,58)(H,64,65). The lowest BCUT2D eigenvalue weighted by Gasteiger charge is -2.06. The summed E-state index contributed by atoms with van der Waals surface area (Å²) in [5.41, 5.74) is 1.40. The van der Waals surface area contributed by atoms with Gasteiger partial charge in [-0.1, -0.05) is 0 Å². The van der Waals surface area contributed by atoms with Crippen LogP contribution in [0.2, 0.25) is 0 Å². The SMILES string of the molecule is Cn1cc(NC(=O)c2nc(NC(=O)CCCNC(=O)c3cc(NC(=O)c4nc(NC(=O)CCNC(=O)c5cc(NC(=O)c6nccn6C)cn5C)cn4C)cn3C)cn2C)cc1C(=O)O. The summed E-state index contributed by atoms with van der Waals surface area (Å²) in [7, 11) is 9.60. The Bertz CT molecular complexity index is 2830. The highest BCUT2D eigenvalue weighted by Gasteiger charge is 2.21. The quantitative estimate of drug-likeness (QED) is 0.0566. The van der Waals surface area contributed by atoms with Crippen molar-refractivity contribution >= 4 is 76.0 Å². The molecule has 0 aliphatic carbocycles. The van der Waals surface area contributed by atoms with Gasteiger partial charge in [-0.3, -0.25) is 33.6 Å². The number of carbonyl (C=O) groups excluding carboxylic acids is 7. The zero-order chi connectivity index (χ0) is 47.1. The number of aromatic nitrogens is 9. The van der Waals surface area contributed by atoms with E-state index in [1.807, 2.05) is 0 Å². The van der Waals surface area contributed by atoms with Crippen LogP contribution in [0.3, 0.4) is 0 Å². The Balaban J connectivity index is 0.907. The summed E-state index contributed by atoms with van der Waals surface area (Å²) in [6.45, 7) is 0.124. The molecule has 6 rings (SSSR count). The molecule has 0 spiro atoms. The van der Waals surface area contributed by atoms with E-state index in [-0.39, 0.29) is 84.2 Å². The van der Waals surface area contributed by atoms with E-state index in [0.717, 1.165) is 0 Å². The third-order valence-electron chi connectivity index (χ3n) is 9.69. The molecule has 0 radical (unpaired) electrons. The Morgan fingerprint density at radius 3 is 1.37 bits per heavy atom. The third kappa shape index (κ3) is 11.2. The molecule has 0 aliphatic heterocycles. The van der Waals surface area contributed by atoms with Crippen molar-refractivity contribution in [2.45, 2.75) is 19.3 Å². The van der Waals surface area contributed by atoms with Crippen molar-refractivity contribution in [2.75, 3.05) is 39.7 Å². The van der Waals surface area contributed by atoms with Crippen LogP contribution in [0.1, 0.15) is 82.6 Å². The minimum atomic E-state index is -1.15. The van der Waals surface area contributed by atoms with Crippen LogP contribution in [-0.2, 0) is 51.9 Å². The predicted octanol–water partition coefficient (Wildman–Crippen LogP) is 1.27. The van der Waals surface area contributed by atoms with E-state index in [4.69, 9.17) is 0 Å². The minimum Gasteiger partial charge on any atom is -0.477 e. The van der Waals surface area contributed by atoms with E-state index in [2.05, 4.69) is 52.2 Å². The lowest BCUT2D eigenvalue weighted by Crippen LogP contribution is -2.29. The molecule has 8 N–H and O–H groups in total. The second kappa shape index (κ2) is 19.5. The van der Waals surface area contributed by atoms with Gasteiger partial charge in [-0.2, -0.15) is 0 Å². The smallest absolute Gasteiger partial charge is 0.352 e. The molecule has 0 fully saturated rings. The van der Waals surface area contributed by atoms with Crippen LogP contribution in [0.4, 0.5) is 28.7 Å².